The molecule has 1 aliphatic carbocycles. The van der Waals surface area contributed by atoms with Crippen LogP contribution in [0.4, 0.5) is 30.0 Å². The van der Waals surface area contributed by atoms with Crippen molar-refractivity contribution in [2.45, 2.75) is 66.2 Å². The number of methoxy groups -OCH3 is 3. The Hall–Kier alpha value is -10.2. The van der Waals surface area contributed by atoms with Gasteiger partial charge in [0.05, 0.1) is 116 Å². The molecule has 1 amide bonds. The van der Waals surface area contributed by atoms with E-state index in [4.69, 9.17) is 47.6 Å². The summed E-state index contributed by atoms with van der Waals surface area (Å²) in [5, 5.41) is 10.1. The van der Waals surface area contributed by atoms with E-state index in [0.717, 1.165) is 75.4 Å². The second kappa shape index (κ2) is 41.0. The van der Waals surface area contributed by atoms with Gasteiger partial charge in [0, 0.05) is 53.8 Å². The van der Waals surface area contributed by atoms with E-state index in [9.17, 15) is 33.6 Å². The van der Waals surface area contributed by atoms with Gasteiger partial charge < -0.3 is 52.9 Å². The van der Waals surface area contributed by atoms with E-state index in [-0.39, 0.29) is 40.6 Å². The van der Waals surface area contributed by atoms with Crippen molar-refractivity contribution in [2.24, 2.45) is 0 Å². The number of hydrogen-bond donors (Lipinski definition) is 6. The molecule has 0 spiro atoms. The van der Waals surface area contributed by atoms with Crippen molar-refractivity contribution >= 4 is 155 Å². The molecule has 0 unspecified atom stereocenters. The van der Waals surface area contributed by atoms with Crippen LogP contribution in [0.25, 0.3) is 0 Å². The Labute approximate surface area is 673 Å². The molecule has 18 nitrogen and oxygen atoms in total. The molecular formula is C85H86BrN7O11S6. The number of nitrogen functional groups attached to an aromatic ring is 5. The highest BCUT2D eigenvalue weighted by Gasteiger charge is 2.28. The number of carbonyl (C=O) groups excluding carboxylic acids is 7. The predicted octanol–water partition coefficient (Wildman–Crippen LogP) is 18.5. The van der Waals surface area contributed by atoms with Gasteiger partial charge in [-0.15, -0.1) is 68.0 Å². The Kier molecular flexibility index (Phi) is 31.3. The fraction of sp³-hybridized carbons (Fsp3) is 0.212. The van der Waals surface area contributed by atoms with Gasteiger partial charge in [-0.1, -0.05) is 127 Å². The van der Waals surface area contributed by atoms with Crippen molar-refractivity contribution in [2.75, 3.05) is 88.2 Å². The number of ketones is 6. The van der Waals surface area contributed by atoms with E-state index in [2.05, 4.69) is 33.1 Å². The van der Waals surface area contributed by atoms with Crippen LogP contribution in [0.1, 0.15) is 153 Å². The fourth-order valence-corrected chi connectivity index (χ4v) is 17.3. The van der Waals surface area contributed by atoms with Crippen molar-refractivity contribution in [3.8, 4) is 17.2 Å². The molecule has 0 atom stereocenters. The Morgan fingerprint density at radius 2 is 0.900 bits per heavy atom. The predicted molar refractivity (Wildman–Crippen MR) is 455 cm³/mol. The second-order valence-electron chi connectivity index (χ2n) is 24.8. The quantitative estimate of drug-likeness (QED) is 0.0386. The molecule has 1 fully saturated rings. The highest BCUT2D eigenvalue weighted by atomic mass is 79.9. The number of rotatable bonds is 20. The summed E-state index contributed by atoms with van der Waals surface area (Å²) in [4.78, 5) is 93.5. The fourth-order valence-electron chi connectivity index (χ4n) is 11.8. The van der Waals surface area contributed by atoms with E-state index in [0.29, 0.717) is 134 Å². The van der Waals surface area contributed by atoms with Crippen LogP contribution in [-0.4, -0.2) is 99.7 Å². The van der Waals surface area contributed by atoms with Crippen LogP contribution in [0, 0.1) is 13.8 Å². The maximum absolute atomic E-state index is 13.1. The Bertz CT molecular complexity index is 5150. The summed E-state index contributed by atoms with van der Waals surface area (Å²) in [7, 11) is 4.67. The van der Waals surface area contributed by atoms with Crippen molar-refractivity contribution in [3.63, 3.8) is 0 Å². The minimum absolute atomic E-state index is 0.00838. The number of hydrogen-bond acceptors (Lipinski definition) is 23. The van der Waals surface area contributed by atoms with E-state index >= 15 is 0 Å². The molecule has 14 rings (SSSR count). The topological polar surface area (TPSA) is 302 Å². The molecule has 12 aromatic rings. The van der Waals surface area contributed by atoms with Gasteiger partial charge in [0.2, 0.25) is 5.91 Å². The Morgan fingerprint density at radius 1 is 0.455 bits per heavy atom. The standard InChI is InChI=1S/C20H24N2O4S.C16H17NO2S.C13H12BrNOS.C13H13NOS.C12H11NO2S.C11H9NOS/c1-3-14-12-16(19(24)15-6-4-5-7-17(15)25-2)20(27-14)21-18(23)13-22-8-10-26-11-9-22;1-19-12-8-4-2-6-10(12)15(18)14-11-7-3-5-9-13(11)20-16(14)17;1-2-10-7-11(13(15)17-10)12(16)8-3-5-9(14)6-4-8;1-8-9(2)16-13(14)11(8)12(15)10-6-4-3-5-7-10;1-15-10-5-3-2-4-8(10)11(14)9-6-7-16-12(9)13;12-11-9(6-7-14-11)10(13)8-4-2-1-3-5-8/h4-7,12H,3,8-11,13H2,1-2H3,(H,21,23);2,4,6,8H,3,5,7,9,17H2,1H3;3-7H,2,15H2,1H3;3-7H,14H2,1-2H3;2-7H,13H2,1H3;1-7H,12H2. The number of para-hydroxylation sites is 3. The van der Waals surface area contributed by atoms with Gasteiger partial charge in [-0.2, -0.15) is 0 Å². The van der Waals surface area contributed by atoms with Crippen molar-refractivity contribution in [1.29, 1.82) is 0 Å². The van der Waals surface area contributed by atoms with Crippen molar-refractivity contribution < 1.29 is 52.5 Å². The Balaban J connectivity index is 0.000000154. The van der Waals surface area contributed by atoms with Gasteiger partial charge >= 0.3 is 0 Å². The van der Waals surface area contributed by atoms with Crippen molar-refractivity contribution in [1.82, 2.24) is 4.90 Å². The molecule has 0 saturated carbocycles. The molecule has 25 heteroatoms. The maximum atomic E-state index is 13.1. The minimum Gasteiger partial charge on any atom is -0.496 e. The number of fused-ring (bicyclic) bond motifs is 1. The first-order valence-corrected chi connectivity index (χ1v) is 41.0. The number of ether oxygens (including phenoxy) is 4. The largest absolute Gasteiger partial charge is 0.496 e. The molecule has 6 aromatic carbocycles. The normalized spacial score (nSPS) is 12.0. The summed E-state index contributed by atoms with van der Waals surface area (Å²) in [6.07, 6.45) is 6.03. The lowest BCUT2D eigenvalue weighted by molar-refractivity contribution is -0.118. The lowest BCUT2D eigenvalue weighted by Crippen LogP contribution is -2.41. The monoisotopic (exact) mass is 1650 g/mol. The first kappa shape index (κ1) is 83.8. The summed E-state index contributed by atoms with van der Waals surface area (Å²) >= 11 is 12.1. The number of thiophene rings is 6. The second-order valence-corrected chi connectivity index (χ2v) is 32.3. The third-order valence-corrected chi connectivity index (χ3v) is 24.2. The van der Waals surface area contributed by atoms with Crippen LogP contribution in [0.2, 0.25) is 0 Å². The number of carbonyl (C=O) groups is 7. The summed E-state index contributed by atoms with van der Waals surface area (Å²) in [6, 6.07) is 54.5. The zero-order valence-electron chi connectivity index (χ0n) is 61.9. The van der Waals surface area contributed by atoms with Crippen LogP contribution in [0.5, 0.6) is 17.2 Å². The van der Waals surface area contributed by atoms with Gasteiger partial charge in [0.1, 0.15) is 22.2 Å². The van der Waals surface area contributed by atoms with Gasteiger partial charge in [0.15, 0.2) is 34.7 Å². The third-order valence-electron chi connectivity index (χ3n) is 17.7. The first-order valence-electron chi connectivity index (χ1n) is 35.1. The van der Waals surface area contributed by atoms with E-state index in [1.807, 2.05) is 129 Å². The van der Waals surface area contributed by atoms with Crippen LogP contribution in [-0.2, 0) is 35.2 Å². The molecular weight excluding hydrogens is 1570 g/mol. The molecule has 1 saturated heterocycles. The average molecular weight is 1650 g/mol. The Morgan fingerprint density at radius 3 is 1.39 bits per heavy atom. The molecule has 110 heavy (non-hydrogen) atoms. The van der Waals surface area contributed by atoms with Gasteiger partial charge in [-0.25, -0.2) is 0 Å². The van der Waals surface area contributed by atoms with Crippen LogP contribution >= 0.6 is 84.0 Å². The molecule has 1 aliphatic heterocycles. The molecule has 11 N–H and O–H groups in total. The maximum Gasteiger partial charge on any atom is 0.239 e. The van der Waals surface area contributed by atoms with Crippen LogP contribution in [0.15, 0.2) is 197 Å². The highest BCUT2D eigenvalue weighted by Crippen LogP contribution is 2.40. The van der Waals surface area contributed by atoms with Crippen LogP contribution in [0.3, 0.4) is 0 Å². The number of benzene rings is 6. The molecule has 0 radical (unpaired) electrons. The first-order chi connectivity index (χ1) is 53.1. The molecule has 6 aromatic heterocycles. The van der Waals surface area contributed by atoms with E-state index in [1.165, 1.54) is 68.0 Å². The average Bonchev–Trinajstić information content (AvgIpc) is 1.63. The number of anilines is 6. The van der Waals surface area contributed by atoms with Crippen molar-refractivity contribution in [3.05, 3.63) is 295 Å². The number of nitrogens with zero attached hydrogens (tertiary/aromatic N) is 1. The summed E-state index contributed by atoms with van der Waals surface area (Å²) < 4.78 is 22.0. The number of nitrogens with one attached hydrogen (secondary N) is 1. The molecule has 0 bridgehead atoms. The van der Waals surface area contributed by atoms with E-state index in [1.54, 1.807) is 117 Å². The van der Waals surface area contributed by atoms with Crippen LogP contribution < -0.4 is 48.2 Å². The SMILES string of the molecule is CCc1cc(C(=O)c2ccc(Br)cc2)c(N)s1.CCc1cc(C(=O)c2ccccc2OC)c(NC(=O)CN2CCOCC2)s1.COc1ccccc1C(=O)c1c(N)sc2c1CCCC2.COc1ccccc1C(=O)c1ccsc1N.Cc1sc(N)c(C(=O)c2ccccc2)c1C.Nc1sccc1C(=O)c1ccccc1. The van der Waals surface area contributed by atoms with Gasteiger partial charge in [0.25, 0.3) is 0 Å². The third kappa shape index (κ3) is 21.6. The summed E-state index contributed by atoms with van der Waals surface area (Å²) in [5.41, 5.74) is 38.7. The number of amides is 1. The zero-order valence-corrected chi connectivity index (χ0v) is 68.4. The number of morpholine rings is 1. The van der Waals surface area contributed by atoms with Gasteiger partial charge in [-0.3, -0.25) is 38.5 Å². The number of aryl methyl sites for hydroxylation is 4. The summed E-state index contributed by atoms with van der Waals surface area (Å²) in [6.45, 7) is 11.1. The molecule has 2 aliphatic rings. The summed E-state index contributed by atoms with van der Waals surface area (Å²) in [5.74, 6) is 1.31. The lowest BCUT2D eigenvalue weighted by Gasteiger charge is -2.25. The molecule has 7 heterocycles. The van der Waals surface area contributed by atoms with Gasteiger partial charge in [-0.05, 0) is 159 Å². The smallest absolute Gasteiger partial charge is 0.239 e. The lowest BCUT2D eigenvalue weighted by atomic mass is 9.92. The minimum atomic E-state index is -0.148. The zero-order chi connectivity index (χ0) is 79.0. The highest BCUT2D eigenvalue weighted by molar-refractivity contribution is 9.10. The van der Waals surface area contributed by atoms with E-state index < -0.39 is 0 Å². The molecule has 570 valence electrons. The number of nitrogens with two attached hydrogens (primary N) is 5. The number of halogens is 1.